The maximum atomic E-state index is 5.35. The van der Waals surface area contributed by atoms with Crippen LogP contribution in [-0.4, -0.2) is 29.9 Å². The molecule has 6 nitrogen and oxygen atoms in total. The SMILES string of the molecule is CCC1=C(C)c2nc1cc1[nH]c(cc3nc(c4[nH]c(cc5ccc(cc6[nH]c2c(C)c6CC)[nH]5)c(CC)c4C)C(C)=C3CC)c(CC)c1C. The summed E-state index contributed by atoms with van der Waals surface area (Å²) in [6.07, 6.45) is 4.66. The predicted molar refractivity (Wildman–Crippen MR) is 210 cm³/mol. The van der Waals surface area contributed by atoms with E-state index in [1.165, 1.54) is 55.7 Å². The molecule has 0 amide bonds. The number of aromatic nitrogens is 6. The van der Waals surface area contributed by atoms with Gasteiger partial charge in [0.05, 0.1) is 33.8 Å². The van der Waals surface area contributed by atoms with E-state index in [1.54, 1.807) is 0 Å². The molecule has 0 saturated heterocycles. The third kappa shape index (κ3) is 5.24. The van der Waals surface area contributed by atoms with E-state index in [0.717, 1.165) is 99.0 Å². The van der Waals surface area contributed by atoms with Gasteiger partial charge in [-0.15, -0.1) is 0 Å². The molecule has 2 aliphatic heterocycles. The van der Waals surface area contributed by atoms with E-state index in [-0.39, 0.29) is 0 Å². The van der Waals surface area contributed by atoms with E-state index in [0.29, 0.717) is 0 Å². The number of allylic oxidation sites excluding steroid dienone is 4. The van der Waals surface area contributed by atoms with Gasteiger partial charge in [-0.1, -0.05) is 34.6 Å². The lowest BCUT2D eigenvalue weighted by Crippen LogP contribution is -1.84. The lowest BCUT2D eigenvalue weighted by atomic mass is 10.0. The minimum absolute atomic E-state index is 0.921. The highest BCUT2D eigenvalue weighted by Crippen LogP contribution is 2.38. The van der Waals surface area contributed by atoms with Gasteiger partial charge in [0.15, 0.2) is 0 Å². The molecule has 252 valence electrons. The molecule has 6 heteroatoms. The van der Waals surface area contributed by atoms with Crippen molar-refractivity contribution in [2.75, 3.05) is 0 Å². The topological polar surface area (TPSA) is 88.9 Å². The Kier molecular flexibility index (Phi) is 8.38. The van der Waals surface area contributed by atoms with Crippen molar-refractivity contribution in [1.29, 1.82) is 0 Å². The summed E-state index contributed by atoms with van der Waals surface area (Å²) in [5, 5.41) is 0. The molecule has 5 aromatic heterocycles. The van der Waals surface area contributed by atoms with Gasteiger partial charge in [0, 0.05) is 33.1 Å². The van der Waals surface area contributed by atoms with E-state index < -0.39 is 0 Å². The van der Waals surface area contributed by atoms with E-state index >= 15 is 0 Å². The van der Waals surface area contributed by atoms with Gasteiger partial charge in [0.25, 0.3) is 0 Å². The average Bonchev–Trinajstić information content (AvgIpc) is 3.91. The monoisotopic (exact) mass is 650 g/mol. The normalized spacial score (nSPS) is 13.3. The van der Waals surface area contributed by atoms with Gasteiger partial charge < -0.3 is 19.9 Å². The number of hydrogen-bond donors (Lipinski definition) is 4. The molecule has 2 aliphatic rings. The molecule has 0 spiro atoms. The van der Waals surface area contributed by atoms with Crippen molar-refractivity contribution in [2.24, 2.45) is 0 Å². The van der Waals surface area contributed by atoms with E-state index in [2.05, 4.69) is 126 Å². The van der Waals surface area contributed by atoms with Crippen molar-refractivity contribution in [2.45, 2.75) is 101 Å². The summed E-state index contributed by atoms with van der Waals surface area (Å²) in [6.45, 7) is 22.4. The number of H-pyrrole nitrogens is 4. The van der Waals surface area contributed by atoms with Crippen LogP contribution in [0, 0.1) is 20.8 Å². The number of aryl methyl sites for hydroxylation is 6. The van der Waals surface area contributed by atoms with Crippen LogP contribution >= 0.6 is 0 Å². The smallest absolute Gasteiger partial charge is 0.0907 e. The van der Waals surface area contributed by atoms with Crippen LogP contribution in [0.5, 0.6) is 0 Å². The van der Waals surface area contributed by atoms with Gasteiger partial charge in [-0.25, -0.2) is 9.97 Å². The first-order valence-corrected chi connectivity index (χ1v) is 18.2. The highest BCUT2D eigenvalue weighted by Gasteiger charge is 2.22. The zero-order valence-electron chi connectivity index (χ0n) is 30.9. The average molecular weight is 651 g/mol. The quantitative estimate of drug-likeness (QED) is 0.152. The molecule has 0 radical (unpaired) electrons. The van der Waals surface area contributed by atoms with Gasteiger partial charge in [0.1, 0.15) is 0 Å². The first kappa shape index (κ1) is 32.7. The molecule has 4 N–H and O–H groups in total. The third-order valence-corrected chi connectivity index (χ3v) is 11.1. The number of rotatable bonds is 5. The first-order chi connectivity index (χ1) is 23.6. The van der Waals surface area contributed by atoms with Crippen molar-refractivity contribution in [1.82, 2.24) is 29.9 Å². The Hall–Kier alpha value is -4.84. The molecule has 0 aliphatic carbocycles. The maximum Gasteiger partial charge on any atom is 0.0907 e. The molecule has 0 atom stereocenters. The highest BCUT2D eigenvalue weighted by atomic mass is 14.8. The van der Waals surface area contributed by atoms with Crippen LogP contribution < -0.4 is 0 Å². The Morgan fingerprint density at radius 1 is 0.449 bits per heavy atom. The lowest BCUT2D eigenvalue weighted by molar-refractivity contribution is 1.14. The Morgan fingerprint density at radius 2 is 0.857 bits per heavy atom. The minimum atomic E-state index is 0.921. The fourth-order valence-electron chi connectivity index (χ4n) is 8.36. The molecule has 0 unspecified atom stereocenters. The van der Waals surface area contributed by atoms with E-state index in [1.807, 2.05) is 0 Å². The number of fused-ring (bicyclic) bond motifs is 14. The Bertz CT molecular complexity index is 2470. The zero-order chi connectivity index (χ0) is 34.7. The fraction of sp³-hybridized carbons (Fsp3) is 0.349. The molecule has 12 bridgehead atoms. The number of aromatic amines is 4. The lowest BCUT2D eigenvalue weighted by Gasteiger charge is -2.00. The van der Waals surface area contributed by atoms with Crippen LogP contribution in [0.1, 0.15) is 117 Å². The fourth-order valence-corrected chi connectivity index (χ4v) is 8.36. The second-order valence-electron chi connectivity index (χ2n) is 13.7. The second kappa shape index (κ2) is 12.6. The molecule has 49 heavy (non-hydrogen) atoms. The zero-order valence-corrected chi connectivity index (χ0v) is 30.9. The molecular formula is C43H50N6. The third-order valence-electron chi connectivity index (χ3n) is 11.1. The maximum absolute atomic E-state index is 5.35. The van der Waals surface area contributed by atoms with Gasteiger partial charge in [-0.3, -0.25) is 0 Å². The van der Waals surface area contributed by atoms with Gasteiger partial charge >= 0.3 is 0 Å². The number of hydrogen-bond acceptors (Lipinski definition) is 2. The van der Waals surface area contributed by atoms with Gasteiger partial charge in [-0.05, 0) is 159 Å². The van der Waals surface area contributed by atoms with Crippen molar-refractivity contribution in [3.8, 4) is 0 Å². The summed E-state index contributed by atoms with van der Waals surface area (Å²) < 4.78 is 0. The molecular weight excluding hydrogens is 601 g/mol. The van der Waals surface area contributed by atoms with Crippen molar-refractivity contribution >= 4 is 66.4 Å². The van der Waals surface area contributed by atoms with Gasteiger partial charge in [-0.2, -0.15) is 0 Å². The molecule has 7 heterocycles. The first-order valence-electron chi connectivity index (χ1n) is 18.2. The molecule has 5 aromatic rings. The number of nitrogens with zero attached hydrogens (tertiary/aromatic N) is 2. The summed E-state index contributed by atoms with van der Waals surface area (Å²) in [5.41, 5.74) is 26.0. The second-order valence-corrected chi connectivity index (χ2v) is 13.7. The molecule has 7 rings (SSSR count). The highest BCUT2D eigenvalue weighted by molar-refractivity contribution is 5.99. The van der Waals surface area contributed by atoms with Crippen LogP contribution in [0.3, 0.4) is 0 Å². The van der Waals surface area contributed by atoms with Gasteiger partial charge in [0.2, 0.25) is 0 Å². The summed E-state index contributed by atoms with van der Waals surface area (Å²) in [7, 11) is 0. The predicted octanol–water partition coefficient (Wildman–Crippen LogP) is 11.7. The largest absolute Gasteiger partial charge is 0.355 e. The molecule has 0 aromatic carbocycles. The van der Waals surface area contributed by atoms with Crippen molar-refractivity contribution in [3.63, 3.8) is 0 Å². The Balaban J connectivity index is 1.66. The Labute approximate surface area is 289 Å². The van der Waals surface area contributed by atoms with Crippen LogP contribution in [0.25, 0.3) is 66.4 Å². The van der Waals surface area contributed by atoms with Crippen LogP contribution in [0.15, 0.2) is 36.4 Å². The minimum Gasteiger partial charge on any atom is -0.355 e. The molecule has 0 fully saturated rings. The summed E-state index contributed by atoms with van der Waals surface area (Å²) in [6, 6.07) is 13.4. The van der Waals surface area contributed by atoms with Crippen LogP contribution in [0.2, 0.25) is 0 Å². The van der Waals surface area contributed by atoms with E-state index in [9.17, 15) is 0 Å². The van der Waals surface area contributed by atoms with Crippen LogP contribution in [0.4, 0.5) is 0 Å². The van der Waals surface area contributed by atoms with E-state index in [4.69, 9.17) is 9.97 Å². The summed E-state index contributed by atoms with van der Waals surface area (Å²) >= 11 is 0. The van der Waals surface area contributed by atoms with Crippen molar-refractivity contribution < 1.29 is 0 Å². The molecule has 0 saturated carbocycles. The number of nitrogens with one attached hydrogen (secondary N) is 4. The summed E-state index contributed by atoms with van der Waals surface area (Å²) in [5.74, 6) is 0. The van der Waals surface area contributed by atoms with Crippen LogP contribution in [-0.2, 0) is 19.3 Å². The standard InChI is InChI=1S/C43H50N6/c1-11-29-22(6)34-20-38-32(14-4)25(9)42(48-38)40-23(7)30(12-2)35(46-40)18-27-16-17-28(44-27)19-36-31(13-3)24(8)41(47-36)43-26(10)33(15-5)39(49-43)21-37(29)45-34/h16-21,44-47H,11-15H2,1-10H3. The summed E-state index contributed by atoms with van der Waals surface area (Å²) in [4.78, 5) is 25.8. The van der Waals surface area contributed by atoms with Crippen molar-refractivity contribution in [3.05, 3.63) is 92.6 Å². The Morgan fingerprint density at radius 3 is 1.29 bits per heavy atom.